The van der Waals surface area contributed by atoms with Crippen LogP contribution in [0.15, 0.2) is 18.3 Å². The van der Waals surface area contributed by atoms with Crippen molar-refractivity contribution in [3.8, 4) is 0 Å². The molecule has 7 heteroatoms. The van der Waals surface area contributed by atoms with E-state index < -0.39 is 0 Å². The van der Waals surface area contributed by atoms with Crippen LogP contribution in [0.5, 0.6) is 0 Å². The number of pyridine rings is 1. The van der Waals surface area contributed by atoms with Crippen LogP contribution in [0.1, 0.15) is 44.0 Å². The minimum atomic E-state index is -0.141. The van der Waals surface area contributed by atoms with Gasteiger partial charge < -0.3 is 19.9 Å². The van der Waals surface area contributed by atoms with Crippen LogP contribution in [-0.2, 0) is 11.2 Å². The number of ether oxygens (including phenoxy) is 1. The van der Waals surface area contributed by atoms with Gasteiger partial charge in [-0.25, -0.2) is 14.8 Å². The lowest BCUT2D eigenvalue weighted by Crippen LogP contribution is -2.37. The number of carbonyl (C=O) groups is 1. The fourth-order valence-corrected chi connectivity index (χ4v) is 3.47. The summed E-state index contributed by atoms with van der Waals surface area (Å²) in [5.74, 6) is 1.01. The van der Waals surface area contributed by atoms with Gasteiger partial charge in [0.15, 0.2) is 5.65 Å². The van der Waals surface area contributed by atoms with Gasteiger partial charge in [-0.1, -0.05) is 12.8 Å². The Morgan fingerprint density at radius 1 is 1.32 bits per heavy atom. The Morgan fingerprint density at radius 2 is 2.12 bits per heavy atom. The van der Waals surface area contributed by atoms with Crippen LogP contribution >= 0.6 is 0 Å². The van der Waals surface area contributed by atoms with Crippen LogP contribution < -0.4 is 10.6 Å². The third-order valence-corrected chi connectivity index (χ3v) is 4.66. The molecule has 2 heterocycles. The lowest BCUT2D eigenvalue weighted by atomic mass is 10.2. The first kappa shape index (κ1) is 17.7. The van der Waals surface area contributed by atoms with Crippen LogP contribution in [0.4, 0.5) is 4.79 Å². The highest BCUT2D eigenvalue weighted by Gasteiger charge is 2.23. The molecule has 0 saturated heterocycles. The zero-order valence-electron chi connectivity index (χ0n) is 14.8. The van der Waals surface area contributed by atoms with Crippen molar-refractivity contribution in [2.24, 2.45) is 0 Å². The van der Waals surface area contributed by atoms with Crippen molar-refractivity contribution in [3.63, 3.8) is 0 Å². The maximum Gasteiger partial charge on any atom is 0.314 e. The number of fused-ring (bicyclic) bond motifs is 1. The van der Waals surface area contributed by atoms with Gasteiger partial charge in [0.1, 0.15) is 11.3 Å². The lowest BCUT2D eigenvalue weighted by Gasteiger charge is -2.16. The third-order valence-electron chi connectivity index (χ3n) is 4.66. The molecular weight excluding hydrogens is 318 g/mol. The van der Waals surface area contributed by atoms with E-state index in [4.69, 9.17) is 9.72 Å². The first-order valence-corrected chi connectivity index (χ1v) is 9.12. The SMILES string of the molecule is COCCCNC(=O)NCCc1nc2cccnc2n1C1CCCC1. The van der Waals surface area contributed by atoms with Gasteiger partial charge >= 0.3 is 6.03 Å². The van der Waals surface area contributed by atoms with E-state index >= 15 is 0 Å². The first-order valence-electron chi connectivity index (χ1n) is 9.12. The van der Waals surface area contributed by atoms with E-state index in [9.17, 15) is 4.79 Å². The van der Waals surface area contributed by atoms with Gasteiger partial charge in [-0.2, -0.15) is 0 Å². The monoisotopic (exact) mass is 345 g/mol. The Kier molecular flexibility index (Phi) is 6.22. The minimum absolute atomic E-state index is 0.141. The Morgan fingerprint density at radius 3 is 2.92 bits per heavy atom. The quantitative estimate of drug-likeness (QED) is 0.720. The van der Waals surface area contributed by atoms with E-state index in [1.165, 1.54) is 25.7 Å². The number of hydrogen-bond acceptors (Lipinski definition) is 4. The lowest BCUT2D eigenvalue weighted by molar-refractivity contribution is 0.193. The van der Waals surface area contributed by atoms with Crippen LogP contribution in [-0.4, -0.2) is 47.4 Å². The van der Waals surface area contributed by atoms with Gasteiger partial charge in [-0.05, 0) is 31.4 Å². The molecule has 0 unspecified atom stereocenters. The van der Waals surface area contributed by atoms with E-state index in [2.05, 4.69) is 20.2 Å². The highest BCUT2D eigenvalue weighted by Crippen LogP contribution is 2.33. The van der Waals surface area contributed by atoms with Gasteiger partial charge in [0.25, 0.3) is 0 Å². The number of amides is 2. The van der Waals surface area contributed by atoms with Crippen LogP contribution in [0, 0.1) is 0 Å². The number of imidazole rings is 1. The second-order valence-corrected chi connectivity index (χ2v) is 6.46. The molecule has 2 aromatic heterocycles. The molecule has 1 fully saturated rings. The van der Waals surface area contributed by atoms with Gasteiger partial charge in [0.05, 0.1) is 0 Å². The molecule has 2 amide bonds. The number of nitrogens with one attached hydrogen (secondary N) is 2. The zero-order chi connectivity index (χ0) is 17.5. The molecule has 136 valence electrons. The van der Waals surface area contributed by atoms with E-state index in [1.807, 2.05) is 18.3 Å². The van der Waals surface area contributed by atoms with Crippen LogP contribution in [0.25, 0.3) is 11.2 Å². The predicted molar refractivity (Wildman–Crippen MR) is 96.6 cm³/mol. The van der Waals surface area contributed by atoms with E-state index in [-0.39, 0.29) is 6.03 Å². The van der Waals surface area contributed by atoms with E-state index in [0.29, 0.717) is 32.2 Å². The number of nitrogens with zero attached hydrogens (tertiary/aromatic N) is 3. The van der Waals surface area contributed by atoms with Gasteiger partial charge in [0, 0.05) is 45.5 Å². The Bertz CT molecular complexity index is 694. The Balaban J connectivity index is 1.59. The van der Waals surface area contributed by atoms with Crippen molar-refractivity contribution in [3.05, 3.63) is 24.2 Å². The van der Waals surface area contributed by atoms with Gasteiger partial charge in [-0.15, -0.1) is 0 Å². The summed E-state index contributed by atoms with van der Waals surface area (Å²) in [6.07, 6.45) is 8.23. The number of methoxy groups -OCH3 is 1. The summed E-state index contributed by atoms with van der Waals surface area (Å²) in [6.45, 7) is 1.83. The zero-order valence-corrected chi connectivity index (χ0v) is 14.8. The molecule has 3 rings (SSSR count). The Labute approximate surface area is 148 Å². The molecular formula is C18H27N5O2. The number of aromatic nitrogens is 3. The molecule has 2 aromatic rings. The molecule has 1 aliphatic rings. The molecule has 0 aliphatic heterocycles. The van der Waals surface area contributed by atoms with Gasteiger partial charge in [-0.3, -0.25) is 0 Å². The largest absolute Gasteiger partial charge is 0.385 e. The maximum absolute atomic E-state index is 11.8. The summed E-state index contributed by atoms with van der Waals surface area (Å²) in [5, 5.41) is 5.74. The molecule has 7 nitrogen and oxygen atoms in total. The van der Waals surface area contributed by atoms with Crippen molar-refractivity contribution in [2.45, 2.75) is 44.6 Å². The summed E-state index contributed by atoms with van der Waals surface area (Å²) in [7, 11) is 1.66. The molecule has 2 N–H and O–H groups in total. The molecule has 0 bridgehead atoms. The third kappa shape index (κ3) is 4.48. The van der Waals surface area contributed by atoms with E-state index in [1.54, 1.807) is 7.11 Å². The van der Waals surface area contributed by atoms with Crippen molar-refractivity contribution >= 4 is 17.2 Å². The van der Waals surface area contributed by atoms with Crippen LogP contribution in [0.3, 0.4) is 0 Å². The molecule has 25 heavy (non-hydrogen) atoms. The van der Waals surface area contributed by atoms with Crippen molar-refractivity contribution in [1.82, 2.24) is 25.2 Å². The van der Waals surface area contributed by atoms with Crippen LogP contribution in [0.2, 0.25) is 0 Å². The Hall–Kier alpha value is -2.15. The number of carbonyl (C=O) groups excluding carboxylic acids is 1. The first-order chi connectivity index (χ1) is 12.3. The molecule has 0 spiro atoms. The number of rotatable bonds is 8. The van der Waals surface area contributed by atoms with Crippen molar-refractivity contribution < 1.29 is 9.53 Å². The average Bonchev–Trinajstić information content (AvgIpc) is 3.25. The normalized spacial score (nSPS) is 14.9. The smallest absolute Gasteiger partial charge is 0.314 e. The fourth-order valence-electron chi connectivity index (χ4n) is 3.47. The minimum Gasteiger partial charge on any atom is -0.385 e. The standard InChI is InChI=1S/C18H27N5O2/c1-25-13-5-11-20-18(24)21-12-9-16-22-15-8-4-10-19-17(15)23(16)14-6-2-3-7-14/h4,8,10,14H,2-3,5-7,9,11-13H2,1H3,(H2,20,21,24). The average molecular weight is 345 g/mol. The van der Waals surface area contributed by atoms with Crippen molar-refractivity contribution in [2.75, 3.05) is 26.8 Å². The van der Waals surface area contributed by atoms with E-state index in [0.717, 1.165) is 23.4 Å². The summed E-state index contributed by atoms with van der Waals surface area (Å²) in [6, 6.07) is 4.27. The summed E-state index contributed by atoms with van der Waals surface area (Å²) in [5.41, 5.74) is 1.90. The summed E-state index contributed by atoms with van der Waals surface area (Å²) >= 11 is 0. The highest BCUT2D eigenvalue weighted by atomic mass is 16.5. The molecule has 1 aliphatic carbocycles. The van der Waals surface area contributed by atoms with Gasteiger partial charge in [0.2, 0.25) is 0 Å². The number of hydrogen-bond donors (Lipinski definition) is 2. The maximum atomic E-state index is 11.8. The second kappa shape index (κ2) is 8.80. The fraction of sp³-hybridized carbons (Fsp3) is 0.611. The predicted octanol–water partition coefficient (Wildman–Crippen LogP) is 2.42. The topological polar surface area (TPSA) is 81.1 Å². The summed E-state index contributed by atoms with van der Waals surface area (Å²) in [4.78, 5) is 21.1. The summed E-state index contributed by atoms with van der Waals surface area (Å²) < 4.78 is 7.26. The second-order valence-electron chi connectivity index (χ2n) is 6.46. The molecule has 0 radical (unpaired) electrons. The van der Waals surface area contributed by atoms with Crippen molar-refractivity contribution in [1.29, 1.82) is 0 Å². The molecule has 1 saturated carbocycles. The highest BCUT2D eigenvalue weighted by molar-refractivity contribution is 5.74. The number of urea groups is 1. The molecule has 0 atom stereocenters. The molecule has 0 aromatic carbocycles.